The lowest BCUT2D eigenvalue weighted by Crippen LogP contribution is -2.42. The molecular weight excluding hydrogens is 264 g/mol. The van der Waals surface area contributed by atoms with E-state index in [0.29, 0.717) is 5.76 Å². The molecule has 7 heteroatoms. The van der Waals surface area contributed by atoms with Gasteiger partial charge in [-0.25, -0.2) is 4.79 Å². The molecule has 1 aromatic rings. The number of amides is 1. The van der Waals surface area contributed by atoms with Crippen LogP contribution in [0.2, 0.25) is 0 Å². The van der Waals surface area contributed by atoms with E-state index in [4.69, 9.17) is 14.0 Å². The van der Waals surface area contributed by atoms with Crippen molar-refractivity contribution < 1.29 is 23.6 Å². The highest BCUT2D eigenvalue weighted by atomic mass is 16.6. The highest BCUT2D eigenvalue weighted by Crippen LogP contribution is 2.09. The Morgan fingerprint density at radius 1 is 1.45 bits per heavy atom. The molecule has 0 fully saturated rings. The summed E-state index contributed by atoms with van der Waals surface area (Å²) in [6, 6.07) is 0.685. The van der Waals surface area contributed by atoms with Crippen LogP contribution in [0.3, 0.4) is 0 Å². The Hall–Kier alpha value is -1.89. The zero-order chi connectivity index (χ0) is 15.3. The molecule has 1 amide bonds. The van der Waals surface area contributed by atoms with Crippen LogP contribution in [0.25, 0.3) is 0 Å². The van der Waals surface area contributed by atoms with Gasteiger partial charge in [0.1, 0.15) is 18.2 Å². The van der Waals surface area contributed by atoms with Crippen LogP contribution < -0.4 is 5.32 Å². The zero-order valence-corrected chi connectivity index (χ0v) is 12.4. The largest absolute Gasteiger partial charge is 0.458 e. The zero-order valence-electron chi connectivity index (χ0n) is 12.4. The Bertz CT molecular complexity index is 475. The van der Waals surface area contributed by atoms with Crippen molar-refractivity contribution in [3.8, 4) is 0 Å². The number of aromatic nitrogens is 1. The van der Waals surface area contributed by atoms with Gasteiger partial charge in [-0.2, -0.15) is 0 Å². The van der Waals surface area contributed by atoms with Gasteiger partial charge in [0.15, 0.2) is 11.5 Å². The molecule has 0 saturated heterocycles. The Labute approximate surface area is 117 Å². The van der Waals surface area contributed by atoms with Gasteiger partial charge in [0.05, 0.1) is 0 Å². The van der Waals surface area contributed by atoms with Gasteiger partial charge in [-0.3, -0.25) is 4.79 Å². The third-order valence-corrected chi connectivity index (χ3v) is 2.19. The van der Waals surface area contributed by atoms with Gasteiger partial charge in [0.2, 0.25) is 0 Å². The molecule has 0 radical (unpaired) electrons. The number of hydrogen-bond acceptors (Lipinski definition) is 6. The fourth-order valence-electron chi connectivity index (χ4n) is 1.35. The van der Waals surface area contributed by atoms with Crippen LogP contribution in [0.15, 0.2) is 10.6 Å². The number of nitrogens with zero attached hydrogens (tertiary/aromatic N) is 1. The van der Waals surface area contributed by atoms with Gasteiger partial charge in [-0.05, 0) is 27.7 Å². The topological polar surface area (TPSA) is 90.7 Å². The Morgan fingerprint density at radius 2 is 2.10 bits per heavy atom. The first kappa shape index (κ1) is 16.2. The number of ether oxygens (including phenoxy) is 2. The fourth-order valence-corrected chi connectivity index (χ4v) is 1.35. The maximum Gasteiger partial charge on any atom is 0.328 e. The summed E-state index contributed by atoms with van der Waals surface area (Å²) in [5.74, 6) is -0.580. The summed E-state index contributed by atoms with van der Waals surface area (Å²) in [6.45, 7) is 7.04. The number of esters is 1. The lowest BCUT2D eigenvalue weighted by Gasteiger charge is -2.22. The lowest BCUT2D eigenvalue weighted by atomic mass is 10.2. The van der Waals surface area contributed by atoms with Gasteiger partial charge < -0.3 is 19.3 Å². The Morgan fingerprint density at radius 3 is 2.65 bits per heavy atom. The van der Waals surface area contributed by atoms with Gasteiger partial charge in [0.25, 0.3) is 5.91 Å². The molecule has 1 atom stereocenters. The molecule has 0 aliphatic heterocycles. The molecule has 0 bridgehead atoms. The molecule has 1 rings (SSSR count). The first-order chi connectivity index (χ1) is 9.23. The van der Waals surface area contributed by atoms with Crippen LogP contribution >= 0.6 is 0 Å². The van der Waals surface area contributed by atoms with Crippen LogP contribution in [-0.4, -0.2) is 35.8 Å². The quantitative estimate of drug-likeness (QED) is 0.819. The number of methoxy groups -OCH3 is 1. The summed E-state index contributed by atoms with van der Waals surface area (Å²) in [5.41, 5.74) is -0.511. The highest BCUT2D eigenvalue weighted by molar-refractivity contribution is 5.95. The summed E-state index contributed by atoms with van der Waals surface area (Å²) in [6.07, 6.45) is 0. The molecule has 1 heterocycles. The predicted octanol–water partition coefficient (Wildman–Crippen LogP) is 1.28. The number of hydrogen-bond donors (Lipinski definition) is 1. The molecule has 0 spiro atoms. The van der Waals surface area contributed by atoms with Gasteiger partial charge in [-0.15, -0.1) is 0 Å². The van der Waals surface area contributed by atoms with Crippen molar-refractivity contribution in [1.82, 2.24) is 10.5 Å². The van der Waals surface area contributed by atoms with Gasteiger partial charge in [0, 0.05) is 13.2 Å². The van der Waals surface area contributed by atoms with Crippen LogP contribution in [-0.2, 0) is 20.9 Å². The average Bonchev–Trinajstić information content (AvgIpc) is 2.75. The van der Waals surface area contributed by atoms with E-state index in [9.17, 15) is 9.59 Å². The Kier molecular flexibility index (Phi) is 5.26. The predicted molar refractivity (Wildman–Crippen MR) is 70.0 cm³/mol. The summed E-state index contributed by atoms with van der Waals surface area (Å²) >= 11 is 0. The average molecular weight is 284 g/mol. The molecule has 0 aliphatic rings. The van der Waals surface area contributed by atoms with Crippen LogP contribution in [0.5, 0.6) is 0 Å². The Balaban J connectivity index is 2.58. The molecule has 1 aromatic heterocycles. The second-order valence-corrected chi connectivity index (χ2v) is 5.34. The second kappa shape index (κ2) is 6.51. The minimum absolute atomic E-state index is 0.0902. The molecule has 20 heavy (non-hydrogen) atoms. The van der Waals surface area contributed by atoms with E-state index >= 15 is 0 Å². The molecule has 0 unspecified atom stereocenters. The maximum absolute atomic E-state index is 11.9. The fraction of sp³-hybridized carbons (Fsp3) is 0.615. The molecule has 0 aromatic carbocycles. The first-order valence-corrected chi connectivity index (χ1v) is 6.21. The minimum atomic E-state index is -0.774. The van der Waals surface area contributed by atoms with Crippen molar-refractivity contribution in [3.63, 3.8) is 0 Å². The van der Waals surface area contributed by atoms with Crippen molar-refractivity contribution in [2.45, 2.75) is 45.9 Å². The van der Waals surface area contributed by atoms with Crippen LogP contribution in [0.1, 0.15) is 43.9 Å². The molecule has 112 valence electrons. The third-order valence-electron chi connectivity index (χ3n) is 2.19. The minimum Gasteiger partial charge on any atom is -0.458 e. The van der Waals surface area contributed by atoms with E-state index in [2.05, 4.69) is 10.5 Å². The summed E-state index contributed by atoms with van der Waals surface area (Å²) in [4.78, 5) is 23.6. The van der Waals surface area contributed by atoms with Gasteiger partial charge in [-0.1, -0.05) is 5.16 Å². The monoisotopic (exact) mass is 284 g/mol. The van der Waals surface area contributed by atoms with E-state index in [0.717, 1.165) is 0 Å². The standard InChI is InChI=1S/C13H20N2O5/c1-8(12(17)19-13(2,3)4)14-11(16)10-6-9(7-18-5)20-15-10/h6,8H,7H2,1-5H3,(H,14,16)/t8-/m1/s1. The summed E-state index contributed by atoms with van der Waals surface area (Å²) < 4.78 is 14.9. The first-order valence-electron chi connectivity index (χ1n) is 6.21. The smallest absolute Gasteiger partial charge is 0.328 e. The van der Waals surface area contributed by atoms with E-state index in [1.54, 1.807) is 27.7 Å². The SMILES string of the molecule is COCc1cc(C(=O)N[C@H](C)C(=O)OC(C)(C)C)no1. The number of carbonyl (C=O) groups excluding carboxylic acids is 2. The molecule has 0 saturated carbocycles. The van der Waals surface area contributed by atoms with E-state index < -0.39 is 23.5 Å². The number of rotatable bonds is 5. The van der Waals surface area contributed by atoms with Crippen molar-refractivity contribution in [2.24, 2.45) is 0 Å². The van der Waals surface area contributed by atoms with E-state index in [1.807, 2.05) is 0 Å². The van der Waals surface area contributed by atoms with Crippen molar-refractivity contribution >= 4 is 11.9 Å². The number of nitrogens with one attached hydrogen (secondary N) is 1. The highest BCUT2D eigenvalue weighted by Gasteiger charge is 2.24. The maximum atomic E-state index is 11.9. The third kappa shape index (κ3) is 5.00. The molecular formula is C13H20N2O5. The lowest BCUT2D eigenvalue weighted by molar-refractivity contribution is -0.156. The van der Waals surface area contributed by atoms with Crippen LogP contribution in [0.4, 0.5) is 0 Å². The van der Waals surface area contributed by atoms with Crippen LogP contribution in [0, 0.1) is 0 Å². The summed E-state index contributed by atoms with van der Waals surface area (Å²) in [7, 11) is 1.51. The second-order valence-electron chi connectivity index (χ2n) is 5.34. The number of carbonyl (C=O) groups is 2. The molecule has 1 N–H and O–H groups in total. The summed E-state index contributed by atoms with van der Waals surface area (Å²) in [5, 5.41) is 6.10. The normalized spacial score (nSPS) is 12.8. The molecule has 7 nitrogen and oxygen atoms in total. The van der Waals surface area contributed by atoms with Crippen molar-refractivity contribution in [1.29, 1.82) is 0 Å². The van der Waals surface area contributed by atoms with E-state index in [-0.39, 0.29) is 12.3 Å². The van der Waals surface area contributed by atoms with Crippen molar-refractivity contribution in [3.05, 3.63) is 17.5 Å². The molecule has 0 aliphatic carbocycles. The van der Waals surface area contributed by atoms with Gasteiger partial charge >= 0.3 is 5.97 Å². The van der Waals surface area contributed by atoms with E-state index in [1.165, 1.54) is 13.2 Å². The van der Waals surface area contributed by atoms with Crippen molar-refractivity contribution in [2.75, 3.05) is 7.11 Å².